The summed E-state index contributed by atoms with van der Waals surface area (Å²) in [5, 5.41) is 0.762. The van der Waals surface area contributed by atoms with Gasteiger partial charge < -0.3 is 10.5 Å². The van der Waals surface area contributed by atoms with Gasteiger partial charge in [0.05, 0.1) is 7.11 Å². The van der Waals surface area contributed by atoms with Gasteiger partial charge in [0, 0.05) is 31.2 Å². The molecule has 0 aliphatic carbocycles. The fourth-order valence-corrected chi connectivity index (χ4v) is 3.17. The summed E-state index contributed by atoms with van der Waals surface area (Å²) >= 11 is 6.03. The molecule has 0 spiro atoms. The van der Waals surface area contributed by atoms with Crippen LogP contribution in [0.2, 0.25) is 5.02 Å². The van der Waals surface area contributed by atoms with E-state index in [9.17, 15) is 0 Å². The molecule has 2 N–H and O–H groups in total. The van der Waals surface area contributed by atoms with Gasteiger partial charge in [-0.2, -0.15) is 0 Å². The smallest absolute Gasteiger partial charge is 0.118 e. The minimum atomic E-state index is 0.570. The first-order chi connectivity index (χ1) is 13.2. The molecule has 27 heavy (non-hydrogen) atoms. The Labute approximate surface area is 166 Å². The van der Waals surface area contributed by atoms with Crippen molar-refractivity contribution in [2.45, 2.75) is 26.2 Å². The Morgan fingerprint density at radius 2 is 1.11 bits per heavy atom. The highest BCUT2D eigenvalue weighted by molar-refractivity contribution is 6.30. The second-order valence-electron chi connectivity index (χ2n) is 6.64. The van der Waals surface area contributed by atoms with Crippen LogP contribution in [0.25, 0.3) is 0 Å². The van der Waals surface area contributed by atoms with Crippen LogP contribution in [0.1, 0.15) is 22.3 Å². The SMILES string of the molecule is COc1ccc(CN(Cc2ccc(Cl)cc2)Cc2ccc(CN)cc2)cc1. The zero-order chi connectivity index (χ0) is 19.1. The van der Waals surface area contributed by atoms with Gasteiger partial charge in [-0.1, -0.05) is 60.1 Å². The Hall–Kier alpha value is -2.33. The van der Waals surface area contributed by atoms with Gasteiger partial charge in [-0.05, 0) is 46.5 Å². The van der Waals surface area contributed by atoms with E-state index in [2.05, 4.69) is 53.4 Å². The lowest BCUT2D eigenvalue weighted by atomic mass is 10.1. The molecule has 3 nitrogen and oxygen atoms in total. The molecule has 0 unspecified atom stereocenters. The molecule has 0 atom stereocenters. The number of nitrogens with two attached hydrogens (primary N) is 1. The van der Waals surface area contributed by atoms with Gasteiger partial charge in [0.2, 0.25) is 0 Å². The molecule has 0 radical (unpaired) electrons. The summed E-state index contributed by atoms with van der Waals surface area (Å²) in [4.78, 5) is 2.42. The quantitative estimate of drug-likeness (QED) is 0.597. The number of hydrogen-bond donors (Lipinski definition) is 1. The average molecular weight is 381 g/mol. The van der Waals surface area contributed by atoms with Crippen LogP contribution in [0.5, 0.6) is 5.75 Å². The molecular weight excluding hydrogens is 356 g/mol. The molecule has 0 aromatic heterocycles. The third-order valence-electron chi connectivity index (χ3n) is 4.55. The van der Waals surface area contributed by atoms with Crippen molar-refractivity contribution < 1.29 is 4.74 Å². The van der Waals surface area contributed by atoms with Crippen LogP contribution in [0.4, 0.5) is 0 Å². The fraction of sp³-hybridized carbons (Fsp3) is 0.217. The number of ether oxygens (including phenoxy) is 1. The molecular formula is C23H25ClN2O. The van der Waals surface area contributed by atoms with Crippen LogP contribution in [0.3, 0.4) is 0 Å². The van der Waals surface area contributed by atoms with E-state index in [1.54, 1.807) is 7.11 Å². The zero-order valence-electron chi connectivity index (χ0n) is 15.6. The summed E-state index contributed by atoms with van der Waals surface area (Å²) in [6.07, 6.45) is 0. The molecule has 4 heteroatoms. The lowest BCUT2D eigenvalue weighted by Gasteiger charge is -2.23. The molecule has 0 saturated heterocycles. The van der Waals surface area contributed by atoms with Gasteiger partial charge in [-0.25, -0.2) is 0 Å². The standard InChI is InChI=1S/C23H25ClN2O/c1-27-23-12-8-21(9-13-23)17-26(16-20-6-10-22(24)11-7-20)15-19-4-2-18(14-25)3-5-19/h2-13H,14-17,25H2,1H3. The highest BCUT2D eigenvalue weighted by Gasteiger charge is 2.09. The first kappa shape index (κ1) is 19.4. The molecule has 0 fully saturated rings. The van der Waals surface area contributed by atoms with E-state index in [4.69, 9.17) is 22.1 Å². The minimum absolute atomic E-state index is 0.570. The Morgan fingerprint density at radius 3 is 1.56 bits per heavy atom. The van der Waals surface area contributed by atoms with Crippen LogP contribution >= 0.6 is 11.6 Å². The maximum Gasteiger partial charge on any atom is 0.118 e. The third-order valence-corrected chi connectivity index (χ3v) is 4.80. The number of hydrogen-bond acceptors (Lipinski definition) is 3. The number of benzene rings is 3. The third kappa shape index (κ3) is 5.83. The molecule has 0 saturated carbocycles. The molecule has 3 aromatic carbocycles. The molecule has 0 amide bonds. The second-order valence-corrected chi connectivity index (χ2v) is 7.08. The molecule has 3 aromatic rings. The highest BCUT2D eigenvalue weighted by Crippen LogP contribution is 2.18. The lowest BCUT2D eigenvalue weighted by Crippen LogP contribution is -2.22. The molecule has 0 aliphatic rings. The van der Waals surface area contributed by atoms with Crippen LogP contribution in [0.15, 0.2) is 72.8 Å². The largest absolute Gasteiger partial charge is 0.497 e. The van der Waals surface area contributed by atoms with Crippen LogP contribution in [-0.4, -0.2) is 12.0 Å². The molecule has 0 aliphatic heterocycles. The first-order valence-corrected chi connectivity index (χ1v) is 9.41. The van der Waals surface area contributed by atoms with Gasteiger partial charge >= 0.3 is 0 Å². The van der Waals surface area contributed by atoms with Gasteiger partial charge in [0.1, 0.15) is 5.75 Å². The van der Waals surface area contributed by atoms with Gasteiger partial charge in [-0.3, -0.25) is 4.90 Å². The average Bonchev–Trinajstić information content (AvgIpc) is 2.71. The predicted octanol–water partition coefficient (Wildman–Crippen LogP) is 5.01. The second kappa shape index (κ2) is 9.56. The Balaban J connectivity index is 1.76. The maximum absolute atomic E-state index is 6.03. The van der Waals surface area contributed by atoms with E-state index in [1.165, 1.54) is 16.7 Å². The van der Waals surface area contributed by atoms with Crippen molar-refractivity contribution in [3.63, 3.8) is 0 Å². The summed E-state index contributed by atoms with van der Waals surface area (Å²) in [5.74, 6) is 0.875. The topological polar surface area (TPSA) is 38.5 Å². The number of halogens is 1. The van der Waals surface area contributed by atoms with Crippen molar-refractivity contribution in [2.75, 3.05) is 7.11 Å². The van der Waals surface area contributed by atoms with Crippen molar-refractivity contribution >= 4 is 11.6 Å². The van der Waals surface area contributed by atoms with Crippen LogP contribution < -0.4 is 10.5 Å². The number of nitrogens with zero attached hydrogens (tertiary/aromatic N) is 1. The van der Waals surface area contributed by atoms with Crippen LogP contribution in [0, 0.1) is 0 Å². The van der Waals surface area contributed by atoms with E-state index in [0.29, 0.717) is 6.54 Å². The lowest BCUT2D eigenvalue weighted by molar-refractivity contribution is 0.247. The van der Waals surface area contributed by atoms with E-state index in [0.717, 1.165) is 36.0 Å². The van der Waals surface area contributed by atoms with Crippen LogP contribution in [-0.2, 0) is 26.2 Å². The molecule has 140 valence electrons. The van der Waals surface area contributed by atoms with Crippen molar-refractivity contribution in [3.05, 3.63) is 100 Å². The summed E-state index contributed by atoms with van der Waals surface area (Å²) in [7, 11) is 1.69. The maximum atomic E-state index is 6.03. The van der Waals surface area contributed by atoms with Crippen molar-refractivity contribution in [1.29, 1.82) is 0 Å². The van der Waals surface area contributed by atoms with E-state index in [-0.39, 0.29) is 0 Å². The number of methoxy groups -OCH3 is 1. The molecule has 0 heterocycles. The Morgan fingerprint density at radius 1 is 0.704 bits per heavy atom. The van der Waals surface area contributed by atoms with E-state index in [1.807, 2.05) is 24.3 Å². The normalized spacial score (nSPS) is 11.0. The van der Waals surface area contributed by atoms with Gasteiger partial charge in [0.25, 0.3) is 0 Å². The van der Waals surface area contributed by atoms with E-state index < -0.39 is 0 Å². The minimum Gasteiger partial charge on any atom is -0.497 e. The van der Waals surface area contributed by atoms with Gasteiger partial charge in [-0.15, -0.1) is 0 Å². The summed E-state index contributed by atoms with van der Waals surface area (Å²) in [6.45, 7) is 3.13. The summed E-state index contributed by atoms with van der Waals surface area (Å²) in [6, 6.07) is 24.8. The van der Waals surface area contributed by atoms with Crippen molar-refractivity contribution in [2.24, 2.45) is 5.73 Å². The predicted molar refractivity (Wildman–Crippen MR) is 112 cm³/mol. The fourth-order valence-electron chi connectivity index (χ4n) is 3.04. The Kier molecular flexibility index (Phi) is 6.88. The Bertz CT molecular complexity index is 780. The number of rotatable bonds is 8. The van der Waals surface area contributed by atoms with Gasteiger partial charge in [0.15, 0.2) is 0 Å². The highest BCUT2D eigenvalue weighted by atomic mass is 35.5. The summed E-state index contributed by atoms with van der Waals surface area (Å²) in [5.41, 5.74) is 10.6. The first-order valence-electron chi connectivity index (χ1n) is 9.04. The molecule has 0 bridgehead atoms. The zero-order valence-corrected chi connectivity index (χ0v) is 16.3. The summed E-state index contributed by atoms with van der Waals surface area (Å²) < 4.78 is 5.26. The molecule has 3 rings (SSSR count). The van der Waals surface area contributed by atoms with Crippen molar-refractivity contribution in [1.82, 2.24) is 4.90 Å². The van der Waals surface area contributed by atoms with Crippen molar-refractivity contribution in [3.8, 4) is 5.75 Å². The van der Waals surface area contributed by atoms with E-state index >= 15 is 0 Å². The monoisotopic (exact) mass is 380 g/mol.